The van der Waals surface area contributed by atoms with Gasteiger partial charge in [0.15, 0.2) is 23.8 Å². The fraction of sp³-hybridized carbons (Fsp3) is 0.312. The van der Waals surface area contributed by atoms with Gasteiger partial charge in [0.2, 0.25) is 6.79 Å². The highest BCUT2D eigenvalue weighted by atomic mass is 32.1. The van der Waals surface area contributed by atoms with Crippen LogP contribution in [0.25, 0.3) is 0 Å². The first-order valence-electron chi connectivity index (χ1n) is 7.41. The van der Waals surface area contributed by atoms with E-state index in [1.165, 1.54) is 11.3 Å². The smallest absolute Gasteiger partial charge is 0.358 e. The van der Waals surface area contributed by atoms with E-state index in [1.54, 1.807) is 24.6 Å². The number of nitrogens with one attached hydrogen (secondary N) is 1. The lowest BCUT2D eigenvalue weighted by Crippen LogP contribution is -2.28. The van der Waals surface area contributed by atoms with Crippen LogP contribution < -0.4 is 14.8 Å². The number of benzene rings is 1. The van der Waals surface area contributed by atoms with E-state index in [-0.39, 0.29) is 19.1 Å². The molecule has 9 heteroatoms. The molecule has 1 aromatic carbocycles. The lowest BCUT2D eigenvalue weighted by Gasteiger charge is -2.06. The zero-order valence-electron chi connectivity index (χ0n) is 13.4. The maximum Gasteiger partial charge on any atom is 0.358 e. The standard InChI is InChI=1S/C16H16N2O6S/c1-21-7-15-18-11(8-25-15)16(20)22-6-14(19)17-5-10-2-3-12-13(4-10)24-9-23-12/h2-4,8H,5-7,9H2,1H3,(H,17,19). The predicted octanol–water partition coefficient (Wildman–Crippen LogP) is 1.49. The molecule has 1 aliphatic heterocycles. The third kappa shape index (κ3) is 4.46. The van der Waals surface area contributed by atoms with Crippen molar-refractivity contribution in [3.63, 3.8) is 0 Å². The minimum absolute atomic E-state index is 0.167. The zero-order valence-corrected chi connectivity index (χ0v) is 14.3. The van der Waals surface area contributed by atoms with Crippen molar-refractivity contribution in [1.82, 2.24) is 10.3 Å². The SMILES string of the molecule is COCc1nc(C(=O)OCC(=O)NCc2ccc3c(c2)OCO3)cs1. The van der Waals surface area contributed by atoms with Gasteiger partial charge in [-0.15, -0.1) is 11.3 Å². The summed E-state index contributed by atoms with van der Waals surface area (Å²) in [7, 11) is 1.55. The number of hydrogen-bond donors (Lipinski definition) is 1. The molecule has 0 saturated heterocycles. The Hall–Kier alpha value is -2.65. The van der Waals surface area contributed by atoms with E-state index in [0.717, 1.165) is 5.56 Å². The molecule has 25 heavy (non-hydrogen) atoms. The molecule has 0 radical (unpaired) electrons. The molecule has 0 aliphatic carbocycles. The molecule has 0 saturated carbocycles. The maximum absolute atomic E-state index is 11.8. The zero-order chi connectivity index (χ0) is 17.6. The molecule has 2 aromatic rings. The van der Waals surface area contributed by atoms with Crippen molar-refractivity contribution in [2.45, 2.75) is 13.2 Å². The number of hydrogen-bond acceptors (Lipinski definition) is 8. The van der Waals surface area contributed by atoms with Crippen LogP contribution in [0, 0.1) is 0 Å². The van der Waals surface area contributed by atoms with E-state index in [0.29, 0.717) is 29.7 Å². The minimum Gasteiger partial charge on any atom is -0.454 e. The number of aromatic nitrogens is 1. The largest absolute Gasteiger partial charge is 0.454 e. The van der Waals surface area contributed by atoms with Crippen molar-refractivity contribution in [3.8, 4) is 11.5 Å². The summed E-state index contributed by atoms with van der Waals surface area (Å²) in [6.07, 6.45) is 0. The van der Waals surface area contributed by atoms with Crippen molar-refractivity contribution in [2.75, 3.05) is 20.5 Å². The monoisotopic (exact) mass is 364 g/mol. The first kappa shape index (κ1) is 17.2. The number of esters is 1. The van der Waals surface area contributed by atoms with Gasteiger partial charge in [-0.25, -0.2) is 9.78 Å². The Morgan fingerprint density at radius 2 is 2.16 bits per heavy atom. The van der Waals surface area contributed by atoms with E-state index in [4.69, 9.17) is 18.9 Å². The molecule has 1 aliphatic rings. The van der Waals surface area contributed by atoms with Crippen LogP contribution in [0.4, 0.5) is 0 Å². The molecule has 1 N–H and O–H groups in total. The van der Waals surface area contributed by atoms with Gasteiger partial charge in [-0.2, -0.15) is 0 Å². The van der Waals surface area contributed by atoms with Gasteiger partial charge in [0.1, 0.15) is 5.01 Å². The molecule has 0 unspecified atom stereocenters. The summed E-state index contributed by atoms with van der Waals surface area (Å²) in [6.45, 7) is 0.444. The number of fused-ring (bicyclic) bond motifs is 1. The summed E-state index contributed by atoms with van der Waals surface area (Å²) in [5, 5.41) is 4.91. The van der Waals surface area contributed by atoms with Gasteiger partial charge in [0.05, 0.1) is 6.61 Å². The van der Waals surface area contributed by atoms with Crippen molar-refractivity contribution in [2.24, 2.45) is 0 Å². The van der Waals surface area contributed by atoms with Gasteiger partial charge < -0.3 is 24.3 Å². The van der Waals surface area contributed by atoms with Crippen LogP contribution in [-0.2, 0) is 27.4 Å². The molecule has 0 spiro atoms. The van der Waals surface area contributed by atoms with Gasteiger partial charge >= 0.3 is 5.97 Å². The molecule has 1 amide bonds. The molecule has 1 aromatic heterocycles. The highest BCUT2D eigenvalue weighted by molar-refractivity contribution is 7.09. The molecular formula is C16H16N2O6S. The number of rotatable bonds is 7. The fourth-order valence-electron chi connectivity index (χ4n) is 2.10. The molecule has 132 valence electrons. The Morgan fingerprint density at radius 1 is 1.32 bits per heavy atom. The highest BCUT2D eigenvalue weighted by Crippen LogP contribution is 2.32. The number of thiazole rings is 1. The van der Waals surface area contributed by atoms with Crippen LogP contribution in [-0.4, -0.2) is 37.4 Å². The summed E-state index contributed by atoms with van der Waals surface area (Å²) in [5.74, 6) is 0.281. The molecule has 0 atom stereocenters. The Labute approximate surface area is 147 Å². The second kappa shape index (κ2) is 7.95. The van der Waals surface area contributed by atoms with E-state index < -0.39 is 11.9 Å². The Bertz CT molecular complexity index is 776. The Kier molecular flexibility index (Phi) is 5.46. The van der Waals surface area contributed by atoms with E-state index in [2.05, 4.69) is 10.3 Å². The van der Waals surface area contributed by atoms with Crippen LogP contribution in [0.3, 0.4) is 0 Å². The quantitative estimate of drug-likeness (QED) is 0.744. The van der Waals surface area contributed by atoms with Crippen molar-refractivity contribution in [1.29, 1.82) is 0 Å². The average Bonchev–Trinajstić information content (AvgIpc) is 3.26. The molecule has 0 fully saturated rings. The van der Waals surface area contributed by atoms with Gasteiger partial charge in [0.25, 0.3) is 5.91 Å². The predicted molar refractivity (Wildman–Crippen MR) is 87.5 cm³/mol. The second-order valence-corrected chi connectivity index (χ2v) is 6.04. The summed E-state index contributed by atoms with van der Waals surface area (Å²) in [4.78, 5) is 27.7. The Morgan fingerprint density at radius 3 is 3.00 bits per heavy atom. The molecule has 3 rings (SSSR count). The number of methoxy groups -OCH3 is 1. The van der Waals surface area contributed by atoms with Crippen LogP contribution in [0.2, 0.25) is 0 Å². The number of nitrogens with zero attached hydrogens (tertiary/aromatic N) is 1. The minimum atomic E-state index is -0.642. The van der Waals surface area contributed by atoms with Gasteiger partial charge in [0, 0.05) is 19.0 Å². The molecule has 0 bridgehead atoms. The van der Waals surface area contributed by atoms with Crippen molar-refractivity contribution < 1.29 is 28.5 Å². The summed E-state index contributed by atoms with van der Waals surface area (Å²) in [5.41, 5.74) is 1.02. The Balaban J connectivity index is 1.43. The number of carbonyl (C=O) groups is 2. The third-order valence-electron chi connectivity index (χ3n) is 3.29. The first-order valence-corrected chi connectivity index (χ1v) is 8.29. The normalized spacial score (nSPS) is 12.0. The molecule has 8 nitrogen and oxygen atoms in total. The van der Waals surface area contributed by atoms with E-state index in [9.17, 15) is 9.59 Å². The lowest BCUT2D eigenvalue weighted by molar-refractivity contribution is -0.124. The van der Waals surface area contributed by atoms with Gasteiger partial charge in [-0.3, -0.25) is 4.79 Å². The number of ether oxygens (including phenoxy) is 4. The molecular weight excluding hydrogens is 348 g/mol. The van der Waals surface area contributed by atoms with Crippen LogP contribution in [0.1, 0.15) is 21.1 Å². The van der Waals surface area contributed by atoms with Gasteiger partial charge in [-0.1, -0.05) is 6.07 Å². The lowest BCUT2D eigenvalue weighted by atomic mass is 10.2. The second-order valence-electron chi connectivity index (χ2n) is 5.10. The third-order valence-corrected chi connectivity index (χ3v) is 4.11. The number of carbonyl (C=O) groups excluding carboxylic acids is 2. The van der Waals surface area contributed by atoms with Gasteiger partial charge in [-0.05, 0) is 17.7 Å². The van der Waals surface area contributed by atoms with Crippen molar-refractivity contribution in [3.05, 3.63) is 39.8 Å². The van der Waals surface area contributed by atoms with E-state index in [1.807, 2.05) is 6.07 Å². The first-order chi connectivity index (χ1) is 12.2. The van der Waals surface area contributed by atoms with E-state index >= 15 is 0 Å². The maximum atomic E-state index is 11.8. The van der Waals surface area contributed by atoms with Crippen molar-refractivity contribution >= 4 is 23.2 Å². The number of amides is 1. The average molecular weight is 364 g/mol. The van der Waals surface area contributed by atoms with Crippen LogP contribution >= 0.6 is 11.3 Å². The summed E-state index contributed by atoms with van der Waals surface area (Å²) in [6, 6.07) is 5.40. The topological polar surface area (TPSA) is 96.0 Å². The van der Waals surface area contributed by atoms with Crippen LogP contribution in [0.5, 0.6) is 11.5 Å². The summed E-state index contributed by atoms with van der Waals surface area (Å²) < 4.78 is 20.4. The molecule has 2 heterocycles. The summed E-state index contributed by atoms with van der Waals surface area (Å²) >= 11 is 1.29. The van der Waals surface area contributed by atoms with Crippen LogP contribution in [0.15, 0.2) is 23.6 Å². The fourth-order valence-corrected chi connectivity index (χ4v) is 2.84. The highest BCUT2D eigenvalue weighted by Gasteiger charge is 2.15.